The fraction of sp³-hybridized carbons (Fsp3) is 0.550. The van der Waals surface area contributed by atoms with Gasteiger partial charge in [0.25, 0.3) is 0 Å². The molecule has 0 bridgehead atoms. The zero-order valence-electron chi connectivity index (χ0n) is 14.6. The van der Waals surface area contributed by atoms with Gasteiger partial charge >= 0.3 is 0 Å². The van der Waals surface area contributed by atoms with E-state index in [1.54, 1.807) is 0 Å². The maximum absolute atomic E-state index is 4.70. The molecule has 4 rings (SSSR count). The van der Waals surface area contributed by atoms with Crippen LogP contribution in [-0.4, -0.2) is 41.0 Å². The van der Waals surface area contributed by atoms with E-state index in [9.17, 15) is 0 Å². The minimum Gasteiger partial charge on any atom is -0.298 e. The van der Waals surface area contributed by atoms with Crippen LogP contribution in [0.25, 0.3) is 0 Å². The van der Waals surface area contributed by atoms with Crippen LogP contribution < -0.4 is 0 Å². The lowest BCUT2D eigenvalue weighted by atomic mass is 9.79. The van der Waals surface area contributed by atoms with E-state index in [1.807, 2.05) is 11.3 Å². The summed E-state index contributed by atoms with van der Waals surface area (Å²) in [5, 5.41) is 2.19. The Kier molecular flexibility index (Phi) is 4.70. The molecule has 2 aromatic heterocycles. The van der Waals surface area contributed by atoms with Gasteiger partial charge in [0, 0.05) is 36.8 Å². The van der Waals surface area contributed by atoms with Gasteiger partial charge < -0.3 is 0 Å². The van der Waals surface area contributed by atoms with Gasteiger partial charge in [0.1, 0.15) is 0 Å². The van der Waals surface area contributed by atoms with E-state index in [-0.39, 0.29) is 0 Å². The largest absolute Gasteiger partial charge is 0.298 e. The van der Waals surface area contributed by atoms with Gasteiger partial charge in [-0.25, -0.2) is 0 Å². The van der Waals surface area contributed by atoms with Crippen LogP contribution >= 0.6 is 11.3 Å². The van der Waals surface area contributed by atoms with E-state index < -0.39 is 0 Å². The lowest BCUT2D eigenvalue weighted by Crippen LogP contribution is -2.44. The van der Waals surface area contributed by atoms with Crippen molar-refractivity contribution in [2.45, 2.75) is 39.3 Å². The standard InChI is InChI=1S/C20H27N3S/c1-17-5-2-6-18(21-17)13-22-10-4-8-20(15-22)9-11-23(16-20)14-19-7-3-12-24-19/h2-3,5-7,12H,4,8-11,13-16H2,1H3/t20-/m1/s1. The van der Waals surface area contributed by atoms with Gasteiger partial charge in [0.2, 0.25) is 0 Å². The van der Waals surface area contributed by atoms with Crippen LogP contribution in [0, 0.1) is 12.3 Å². The van der Waals surface area contributed by atoms with Crippen LogP contribution in [-0.2, 0) is 13.1 Å². The van der Waals surface area contributed by atoms with Gasteiger partial charge in [-0.15, -0.1) is 11.3 Å². The molecule has 0 amide bonds. The Bertz CT molecular complexity index is 669. The van der Waals surface area contributed by atoms with Crippen LogP contribution in [0.2, 0.25) is 0 Å². The number of piperidine rings is 1. The summed E-state index contributed by atoms with van der Waals surface area (Å²) in [4.78, 5) is 11.5. The average molecular weight is 342 g/mol. The van der Waals surface area contributed by atoms with Gasteiger partial charge in [0.05, 0.1) is 5.69 Å². The van der Waals surface area contributed by atoms with Crippen LogP contribution in [0.5, 0.6) is 0 Å². The highest BCUT2D eigenvalue weighted by molar-refractivity contribution is 7.09. The molecule has 1 spiro atoms. The molecule has 128 valence electrons. The minimum atomic E-state index is 0.513. The van der Waals surface area contributed by atoms with Crippen molar-refractivity contribution in [1.82, 2.24) is 14.8 Å². The third-order valence-corrected chi connectivity index (χ3v) is 6.41. The van der Waals surface area contributed by atoms with Crippen LogP contribution in [0.3, 0.4) is 0 Å². The smallest absolute Gasteiger partial charge is 0.0547 e. The van der Waals surface area contributed by atoms with Crippen LogP contribution in [0.15, 0.2) is 35.7 Å². The van der Waals surface area contributed by atoms with Gasteiger partial charge in [0.15, 0.2) is 0 Å². The average Bonchev–Trinajstić information content (AvgIpc) is 3.19. The van der Waals surface area contributed by atoms with Gasteiger partial charge in [-0.2, -0.15) is 0 Å². The maximum Gasteiger partial charge on any atom is 0.0547 e. The summed E-state index contributed by atoms with van der Waals surface area (Å²) in [5.41, 5.74) is 2.86. The summed E-state index contributed by atoms with van der Waals surface area (Å²) < 4.78 is 0. The van der Waals surface area contributed by atoms with Crippen molar-refractivity contribution in [2.75, 3.05) is 26.2 Å². The van der Waals surface area contributed by atoms with Crippen molar-refractivity contribution in [3.63, 3.8) is 0 Å². The molecular formula is C20H27N3S. The molecule has 2 aliphatic rings. The molecule has 2 fully saturated rings. The molecule has 4 heterocycles. The van der Waals surface area contributed by atoms with E-state index in [2.05, 4.69) is 52.4 Å². The predicted octanol–water partition coefficient (Wildman–Crippen LogP) is 3.94. The van der Waals surface area contributed by atoms with Gasteiger partial charge in [-0.05, 0) is 68.3 Å². The number of pyridine rings is 1. The van der Waals surface area contributed by atoms with E-state index in [0.717, 1.165) is 18.8 Å². The highest BCUT2D eigenvalue weighted by Gasteiger charge is 2.41. The Balaban J connectivity index is 1.37. The van der Waals surface area contributed by atoms with Crippen LogP contribution in [0.1, 0.15) is 35.5 Å². The summed E-state index contributed by atoms with van der Waals surface area (Å²) in [6.07, 6.45) is 4.08. The van der Waals surface area contributed by atoms with Gasteiger partial charge in [-0.3, -0.25) is 14.8 Å². The number of aromatic nitrogens is 1. The lowest BCUT2D eigenvalue weighted by Gasteiger charge is -2.40. The molecule has 24 heavy (non-hydrogen) atoms. The quantitative estimate of drug-likeness (QED) is 0.840. The second-order valence-electron chi connectivity index (χ2n) is 7.62. The number of aryl methyl sites for hydroxylation is 1. The van der Waals surface area contributed by atoms with Crippen molar-refractivity contribution in [1.29, 1.82) is 0 Å². The molecule has 2 aromatic rings. The Labute approximate surface area is 149 Å². The molecule has 0 radical (unpaired) electrons. The Morgan fingerprint density at radius 3 is 2.71 bits per heavy atom. The normalized spacial score (nSPS) is 25.5. The Hall–Kier alpha value is -1.23. The second-order valence-corrected chi connectivity index (χ2v) is 8.66. The van der Waals surface area contributed by atoms with E-state index >= 15 is 0 Å². The fourth-order valence-electron chi connectivity index (χ4n) is 4.48. The number of thiophene rings is 1. The molecule has 3 nitrogen and oxygen atoms in total. The lowest BCUT2D eigenvalue weighted by molar-refractivity contribution is 0.0858. The van der Waals surface area contributed by atoms with Crippen molar-refractivity contribution in [3.05, 3.63) is 52.0 Å². The summed E-state index contributed by atoms with van der Waals surface area (Å²) in [6, 6.07) is 10.8. The van der Waals surface area contributed by atoms with E-state index in [1.165, 1.54) is 56.0 Å². The molecule has 2 saturated heterocycles. The monoisotopic (exact) mass is 341 g/mol. The van der Waals surface area contributed by atoms with Crippen molar-refractivity contribution < 1.29 is 0 Å². The van der Waals surface area contributed by atoms with Crippen molar-refractivity contribution in [2.24, 2.45) is 5.41 Å². The first-order valence-corrected chi connectivity index (χ1v) is 9.98. The highest BCUT2D eigenvalue weighted by Crippen LogP contribution is 2.39. The minimum absolute atomic E-state index is 0.513. The molecule has 1 atom stereocenters. The van der Waals surface area contributed by atoms with Crippen molar-refractivity contribution in [3.8, 4) is 0 Å². The zero-order chi connectivity index (χ0) is 16.4. The van der Waals surface area contributed by atoms with E-state index in [4.69, 9.17) is 4.98 Å². The molecule has 0 aliphatic carbocycles. The first kappa shape index (κ1) is 16.2. The number of hydrogen-bond donors (Lipinski definition) is 0. The molecular weight excluding hydrogens is 314 g/mol. The fourth-order valence-corrected chi connectivity index (χ4v) is 5.23. The Morgan fingerprint density at radius 2 is 1.92 bits per heavy atom. The predicted molar refractivity (Wildman–Crippen MR) is 100 cm³/mol. The summed E-state index contributed by atoms with van der Waals surface area (Å²) >= 11 is 1.89. The molecule has 0 saturated carbocycles. The number of hydrogen-bond acceptors (Lipinski definition) is 4. The third-order valence-electron chi connectivity index (χ3n) is 5.55. The molecule has 0 aromatic carbocycles. The first-order chi connectivity index (χ1) is 11.7. The maximum atomic E-state index is 4.70. The SMILES string of the molecule is Cc1cccc(CN2CCC[C@@]3(CCN(Cc4cccs4)C3)C2)n1. The second kappa shape index (κ2) is 6.95. The number of rotatable bonds is 4. The van der Waals surface area contributed by atoms with Crippen LogP contribution in [0.4, 0.5) is 0 Å². The van der Waals surface area contributed by atoms with Crippen molar-refractivity contribution >= 4 is 11.3 Å². The molecule has 0 unspecified atom stereocenters. The van der Waals surface area contributed by atoms with Gasteiger partial charge in [-0.1, -0.05) is 12.1 Å². The molecule has 0 N–H and O–H groups in total. The van der Waals surface area contributed by atoms with E-state index in [0.29, 0.717) is 5.41 Å². The molecule has 2 aliphatic heterocycles. The molecule has 4 heteroatoms. The highest BCUT2D eigenvalue weighted by atomic mass is 32.1. The Morgan fingerprint density at radius 1 is 1.04 bits per heavy atom. The summed E-state index contributed by atoms with van der Waals surface area (Å²) in [5.74, 6) is 0. The zero-order valence-corrected chi connectivity index (χ0v) is 15.4. The number of nitrogens with zero attached hydrogens (tertiary/aromatic N) is 3. The number of likely N-dealkylation sites (tertiary alicyclic amines) is 2. The third kappa shape index (κ3) is 3.71. The summed E-state index contributed by atoms with van der Waals surface area (Å²) in [6.45, 7) is 9.22. The summed E-state index contributed by atoms with van der Waals surface area (Å²) in [7, 11) is 0. The topological polar surface area (TPSA) is 19.4 Å². The first-order valence-electron chi connectivity index (χ1n) is 9.11.